The molecule has 0 bridgehead atoms. The maximum Gasteiger partial charge on any atom is 0.166 e. The molecule has 0 atom stereocenters. The van der Waals surface area contributed by atoms with Crippen LogP contribution in [0.5, 0.6) is 11.5 Å². The van der Waals surface area contributed by atoms with Crippen LogP contribution in [0.15, 0.2) is 48.5 Å². The monoisotopic (exact) mass is 322 g/mol. The third-order valence-electron chi connectivity index (χ3n) is 3.11. The molecule has 0 amide bonds. The molecular formula is C17H21ClNO3-. The molecule has 0 spiro atoms. The van der Waals surface area contributed by atoms with E-state index in [4.69, 9.17) is 14.6 Å². The summed E-state index contributed by atoms with van der Waals surface area (Å²) in [6.45, 7) is 1.79. The summed E-state index contributed by atoms with van der Waals surface area (Å²) in [4.78, 5) is 0. The number of hydrogen-bond donors (Lipinski definition) is 2. The van der Waals surface area contributed by atoms with Crippen molar-refractivity contribution in [1.82, 2.24) is 5.32 Å². The highest BCUT2D eigenvalue weighted by Crippen LogP contribution is 2.31. The maximum atomic E-state index is 8.85. The topological polar surface area (TPSA) is 50.7 Å². The minimum absolute atomic E-state index is 0. The minimum Gasteiger partial charge on any atom is -1.00 e. The van der Waals surface area contributed by atoms with Crippen LogP contribution in [0.1, 0.15) is 11.1 Å². The zero-order chi connectivity index (χ0) is 14.9. The fourth-order valence-corrected chi connectivity index (χ4v) is 2.06. The first-order valence-electron chi connectivity index (χ1n) is 6.99. The molecule has 0 aliphatic rings. The van der Waals surface area contributed by atoms with Crippen molar-refractivity contribution in [3.8, 4) is 11.5 Å². The van der Waals surface area contributed by atoms with Gasteiger partial charge in [0, 0.05) is 18.7 Å². The predicted molar refractivity (Wildman–Crippen MR) is 82.6 cm³/mol. The van der Waals surface area contributed by atoms with Crippen molar-refractivity contribution in [1.29, 1.82) is 0 Å². The average molecular weight is 323 g/mol. The van der Waals surface area contributed by atoms with Gasteiger partial charge in [-0.2, -0.15) is 0 Å². The largest absolute Gasteiger partial charge is 1.00 e. The number of methoxy groups -OCH3 is 1. The molecule has 0 fully saturated rings. The van der Waals surface area contributed by atoms with Crippen LogP contribution in [0.4, 0.5) is 0 Å². The second-order valence-corrected chi connectivity index (χ2v) is 4.62. The van der Waals surface area contributed by atoms with Gasteiger partial charge in [0.1, 0.15) is 6.61 Å². The molecule has 0 heterocycles. The number of rotatable bonds is 8. The molecule has 0 aliphatic carbocycles. The van der Waals surface area contributed by atoms with Crippen LogP contribution in [-0.4, -0.2) is 25.4 Å². The molecule has 2 aromatic rings. The second-order valence-electron chi connectivity index (χ2n) is 4.62. The standard InChI is InChI=1S/C17H21NO3.ClH/c1-20-16-9-5-8-15(12-18-10-11-19)17(16)21-13-14-6-3-2-4-7-14;/h2-9,18-19H,10-13H2,1H3;1H/p-1. The van der Waals surface area contributed by atoms with E-state index in [2.05, 4.69) is 5.32 Å². The van der Waals surface area contributed by atoms with E-state index >= 15 is 0 Å². The van der Waals surface area contributed by atoms with Gasteiger partial charge in [-0.25, -0.2) is 0 Å². The molecule has 0 aromatic heterocycles. The van der Waals surface area contributed by atoms with E-state index in [9.17, 15) is 0 Å². The molecule has 0 saturated carbocycles. The number of nitrogens with one attached hydrogen (secondary N) is 1. The van der Waals surface area contributed by atoms with Crippen molar-refractivity contribution in [2.75, 3.05) is 20.3 Å². The molecule has 4 nitrogen and oxygen atoms in total. The number of para-hydroxylation sites is 1. The number of aliphatic hydroxyl groups is 1. The van der Waals surface area contributed by atoms with Crippen molar-refractivity contribution in [2.24, 2.45) is 0 Å². The van der Waals surface area contributed by atoms with Crippen LogP contribution in [-0.2, 0) is 13.2 Å². The molecular weight excluding hydrogens is 302 g/mol. The van der Waals surface area contributed by atoms with E-state index in [1.807, 2.05) is 48.5 Å². The van der Waals surface area contributed by atoms with E-state index in [-0.39, 0.29) is 19.0 Å². The first kappa shape index (κ1) is 18.3. The number of hydrogen-bond acceptors (Lipinski definition) is 4. The predicted octanol–water partition coefficient (Wildman–Crippen LogP) is -0.640. The SMILES string of the molecule is COc1cccc(CNCCO)c1OCc1ccccc1.[Cl-]. The van der Waals surface area contributed by atoms with E-state index in [0.29, 0.717) is 25.4 Å². The summed E-state index contributed by atoms with van der Waals surface area (Å²) < 4.78 is 11.3. The summed E-state index contributed by atoms with van der Waals surface area (Å²) in [6, 6.07) is 15.8. The van der Waals surface area contributed by atoms with Crippen LogP contribution in [0.2, 0.25) is 0 Å². The Labute approximate surface area is 137 Å². The van der Waals surface area contributed by atoms with Gasteiger partial charge >= 0.3 is 0 Å². The lowest BCUT2D eigenvalue weighted by Gasteiger charge is -2.15. The Kier molecular flexibility index (Phi) is 8.36. The molecule has 0 unspecified atom stereocenters. The van der Waals surface area contributed by atoms with Gasteiger partial charge in [0.15, 0.2) is 11.5 Å². The van der Waals surface area contributed by atoms with Crippen LogP contribution < -0.4 is 27.2 Å². The smallest absolute Gasteiger partial charge is 0.166 e. The quantitative estimate of drug-likeness (QED) is 0.635. The molecule has 2 N–H and O–H groups in total. The van der Waals surface area contributed by atoms with Crippen LogP contribution in [0, 0.1) is 0 Å². The Balaban J connectivity index is 0.00000242. The lowest BCUT2D eigenvalue weighted by atomic mass is 10.1. The Morgan fingerprint density at radius 1 is 1.05 bits per heavy atom. The van der Waals surface area contributed by atoms with Gasteiger partial charge in [-0.05, 0) is 11.6 Å². The Morgan fingerprint density at radius 2 is 1.82 bits per heavy atom. The van der Waals surface area contributed by atoms with Gasteiger partial charge in [0.2, 0.25) is 0 Å². The third-order valence-corrected chi connectivity index (χ3v) is 3.11. The Bertz CT molecular complexity index is 549. The number of aliphatic hydroxyl groups excluding tert-OH is 1. The van der Waals surface area contributed by atoms with Crippen LogP contribution in [0.3, 0.4) is 0 Å². The lowest BCUT2D eigenvalue weighted by molar-refractivity contribution is -0.00000588. The van der Waals surface area contributed by atoms with Gasteiger partial charge in [0.05, 0.1) is 13.7 Å². The summed E-state index contributed by atoms with van der Waals surface area (Å²) in [5.74, 6) is 1.46. The van der Waals surface area contributed by atoms with E-state index in [1.54, 1.807) is 7.11 Å². The molecule has 0 aliphatic heterocycles. The van der Waals surface area contributed by atoms with Gasteiger partial charge in [-0.3, -0.25) is 0 Å². The molecule has 2 aromatic carbocycles. The van der Waals surface area contributed by atoms with Crippen molar-refractivity contribution < 1.29 is 27.0 Å². The molecule has 5 heteroatoms. The minimum atomic E-state index is 0. The third kappa shape index (κ3) is 5.22. The van der Waals surface area contributed by atoms with E-state index in [0.717, 1.165) is 16.9 Å². The first-order valence-corrected chi connectivity index (χ1v) is 6.99. The van der Waals surface area contributed by atoms with Crippen LogP contribution in [0.25, 0.3) is 0 Å². The summed E-state index contributed by atoms with van der Waals surface area (Å²) in [5.41, 5.74) is 2.12. The van der Waals surface area contributed by atoms with E-state index < -0.39 is 0 Å². The van der Waals surface area contributed by atoms with Gasteiger partial charge in [-0.15, -0.1) is 0 Å². The van der Waals surface area contributed by atoms with Crippen molar-refractivity contribution in [3.05, 3.63) is 59.7 Å². The zero-order valence-corrected chi connectivity index (χ0v) is 13.3. The molecule has 22 heavy (non-hydrogen) atoms. The molecule has 2 rings (SSSR count). The molecule has 0 radical (unpaired) electrons. The highest BCUT2D eigenvalue weighted by Gasteiger charge is 2.10. The normalized spacial score (nSPS) is 9.91. The highest BCUT2D eigenvalue weighted by molar-refractivity contribution is 5.46. The summed E-state index contributed by atoms with van der Waals surface area (Å²) in [6.07, 6.45) is 0. The van der Waals surface area contributed by atoms with Crippen LogP contribution >= 0.6 is 0 Å². The van der Waals surface area contributed by atoms with E-state index in [1.165, 1.54) is 0 Å². The van der Waals surface area contributed by atoms with Gasteiger partial charge < -0.3 is 32.3 Å². The lowest BCUT2D eigenvalue weighted by Crippen LogP contribution is -3.00. The maximum absolute atomic E-state index is 8.85. The fraction of sp³-hybridized carbons (Fsp3) is 0.294. The number of ether oxygens (including phenoxy) is 2. The molecule has 120 valence electrons. The number of benzene rings is 2. The highest BCUT2D eigenvalue weighted by atomic mass is 35.5. The Morgan fingerprint density at radius 3 is 2.50 bits per heavy atom. The first-order chi connectivity index (χ1) is 10.3. The van der Waals surface area contributed by atoms with Gasteiger partial charge in [0.25, 0.3) is 0 Å². The van der Waals surface area contributed by atoms with Crippen molar-refractivity contribution >= 4 is 0 Å². The summed E-state index contributed by atoms with van der Waals surface area (Å²) >= 11 is 0. The Hall–Kier alpha value is -1.75. The van der Waals surface area contributed by atoms with Gasteiger partial charge in [-0.1, -0.05) is 42.5 Å². The van der Waals surface area contributed by atoms with Crippen molar-refractivity contribution in [3.63, 3.8) is 0 Å². The van der Waals surface area contributed by atoms with Crippen molar-refractivity contribution in [2.45, 2.75) is 13.2 Å². The summed E-state index contributed by atoms with van der Waals surface area (Å²) in [7, 11) is 1.63. The fourth-order valence-electron chi connectivity index (χ4n) is 2.06. The zero-order valence-electron chi connectivity index (χ0n) is 12.6. The molecule has 0 saturated heterocycles. The summed E-state index contributed by atoms with van der Waals surface area (Å²) in [5, 5.41) is 12.0. The second kappa shape index (κ2) is 10.1. The average Bonchev–Trinajstić information content (AvgIpc) is 2.54. The number of halogens is 1.